The molecule has 1 aromatic carbocycles. The van der Waals surface area contributed by atoms with Crippen molar-refractivity contribution in [3.63, 3.8) is 0 Å². The van der Waals surface area contributed by atoms with Gasteiger partial charge in [-0.1, -0.05) is 0 Å². The van der Waals surface area contributed by atoms with Gasteiger partial charge in [0.1, 0.15) is 6.10 Å². The second-order valence-electron chi connectivity index (χ2n) is 5.33. The summed E-state index contributed by atoms with van der Waals surface area (Å²) < 4.78 is 10.0. The van der Waals surface area contributed by atoms with Gasteiger partial charge in [0.25, 0.3) is 0 Å². The molecule has 0 aliphatic carbocycles. The number of nitrogens with zero attached hydrogens (tertiary/aromatic N) is 2. The van der Waals surface area contributed by atoms with Gasteiger partial charge in [-0.3, -0.25) is 4.79 Å². The van der Waals surface area contributed by atoms with Crippen molar-refractivity contribution in [1.29, 1.82) is 0 Å². The summed E-state index contributed by atoms with van der Waals surface area (Å²) in [6.45, 7) is 3.43. The summed E-state index contributed by atoms with van der Waals surface area (Å²) in [5, 5.41) is 8.63. The molecular formula is C15H18N2O5. The lowest BCUT2D eigenvalue weighted by molar-refractivity contribution is -0.117. The average molecular weight is 306 g/mol. The van der Waals surface area contributed by atoms with Gasteiger partial charge in [0.05, 0.1) is 26.2 Å². The van der Waals surface area contributed by atoms with E-state index in [0.29, 0.717) is 0 Å². The average Bonchev–Trinajstić information content (AvgIpc) is 2.88. The van der Waals surface area contributed by atoms with Crippen LogP contribution in [-0.4, -0.2) is 56.1 Å². The molecule has 3 rings (SSSR count). The lowest BCUT2D eigenvalue weighted by Gasteiger charge is -2.29. The van der Waals surface area contributed by atoms with Crippen molar-refractivity contribution in [2.45, 2.75) is 12.5 Å². The first-order chi connectivity index (χ1) is 10.6. The van der Waals surface area contributed by atoms with Crippen LogP contribution in [-0.2, 0) is 14.3 Å². The highest BCUT2D eigenvalue weighted by Gasteiger charge is 2.33. The second-order valence-corrected chi connectivity index (χ2v) is 5.33. The molecule has 1 amide bonds. The largest absolute Gasteiger partial charge is 0.506 e. The third kappa shape index (κ3) is 3.14. The fourth-order valence-corrected chi connectivity index (χ4v) is 2.81. The Morgan fingerprint density at radius 1 is 1.18 bits per heavy atom. The van der Waals surface area contributed by atoms with Crippen LogP contribution in [0.25, 0.3) is 0 Å². The standard InChI is InChI=1S/C15H18N2O5/c18-14-9-13(22-15(19)20)10-17(14)12-3-1-11(2-4-12)16-5-7-21-8-6-16/h1-4,13H,5-10H2,(H,19,20). The summed E-state index contributed by atoms with van der Waals surface area (Å²) >= 11 is 0. The Labute approximate surface area is 128 Å². The number of carbonyl (C=O) groups excluding carboxylic acids is 1. The summed E-state index contributed by atoms with van der Waals surface area (Å²) in [5.41, 5.74) is 1.86. The van der Waals surface area contributed by atoms with Crippen LogP contribution in [0.5, 0.6) is 0 Å². The van der Waals surface area contributed by atoms with Gasteiger partial charge in [-0.05, 0) is 24.3 Å². The minimum atomic E-state index is -1.35. The zero-order valence-electron chi connectivity index (χ0n) is 12.1. The number of hydrogen-bond acceptors (Lipinski definition) is 5. The van der Waals surface area contributed by atoms with Gasteiger partial charge < -0.3 is 24.4 Å². The van der Waals surface area contributed by atoms with Crippen molar-refractivity contribution in [3.05, 3.63) is 24.3 Å². The van der Waals surface area contributed by atoms with E-state index in [4.69, 9.17) is 9.84 Å². The van der Waals surface area contributed by atoms with E-state index >= 15 is 0 Å². The van der Waals surface area contributed by atoms with Crippen LogP contribution in [0.4, 0.5) is 16.2 Å². The molecular weight excluding hydrogens is 288 g/mol. The summed E-state index contributed by atoms with van der Waals surface area (Å²) in [6, 6.07) is 7.70. The van der Waals surface area contributed by atoms with E-state index < -0.39 is 12.3 Å². The predicted molar refractivity (Wildman–Crippen MR) is 79.3 cm³/mol. The number of amides is 1. The van der Waals surface area contributed by atoms with Crippen molar-refractivity contribution < 1.29 is 24.2 Å². The first kappa shape index (κ1) is 14.6. The molecule has 1 aromatic rings. The van der Waals surface area contributed by atoms with Gasteiger partial charge in [-0.15, -0.1) is 0 Å². The molecule has 0 saturated carbocycles. The Bertz CT molecular complexity index is 554. The first-order valence-electron chi connectivity index (χ1n) is 7.26. The quantitative estimate of drug-likeness (QED) is 0.849. The number of rotatable bonds is 3. The van der Waals surface area contributed by atoms with Crippen molar-refractivity contribution in [2.75, 3.05) is 42.6 Å². The summed E-state index contributed by atoms with van der Waals surface area (Å²) in [5.74, 6) is -0.120. The monoisotopic (exact) mass is 306 g/mol. The maximum absolute atomic E-state index is 12.0. The van der Waals surface area contributed by atoms with E-state index in [1.165, 1.54) is 0 Å². The topological polar surface area (TPSA) is 79.3 Å². The third-order valence-corrected chi connectivity index (χ3v) is 3.89. The highest BCUT2D eigenvalue weighted by Crippen LogP contribution is 2.26. The molecule has 2 aliphatic heterocycles. The molecule has 2 saturated heterocycles. The number of anilines is 2. The Morgan fingerprint density at radius 2 is 1.82 bits per heavy atom. The number of benzene rings is 1. The molecule has 0 radical (unpaired) electrons. The fourth-order valence-electron chi connectivity index (χ4n) is 2.81. The molecule has 7 heteroatoms. The summed E-state index contributed by atoms with van der Waals surface area (Å²) in [7, 11) is 0. The molecule has 22 heavy (non-hydrogen) atoms. The summed E-state index contributed by atoms with van der Waals surface area (Å²) in [4.78, 5) is 26.3. The van der Waals surface area contributed by atoms with E-state index in [2.05, 4.69) is 9.64 Å². The number of morpholine rings is 1. The molecule has 2 fully saturated rings. The SMILES string of the molecule is O=C(O)OC1CC(=O)N(c2ccc(N3CCOCC3)cc2)C1. The Hall–Kier alpha value is -2.28. The molecule has 1 atom stereocenters. The van der Waals surface area contributed by atoms with E-state index in [9.17, 15) is 9.59 Å². The molecule has 0 spiro atoms. The number of carbonyl (C=O) groups is 2. The molecule has 1 unspecified atom stereocenters. The van der Waals surface area contributed by atoms with E-state index in [1.807, 2.05) is 24.3 Å². The summed E-state index contributed by atoms with van der Waals surface area (Å²) in [6.07, 6.45) is -1.84. The van der Waals surface area contributed by atoms with Crippen LogP contribution in [0.15, 0.2) is 24.3 Å². The van der Waals surface area contributed by atoms with Gasteiger partial charge >= 0.3 is 6.16 Å². The fraction of sp³-hybridized carbons (Fsp3) is 0.467. The second kappa shape index (κ2) is 6.23. The molecule has 7 nitrogen and oxygen atoms in total. The van der Waals surface area contributed by atoms with E-state index in [1.54, 1.807) is 4.90 Å². The highest BCUT2D eigenvalue weighted by molar-refractivity contribution is 5.96. The maximum Gasteiger partial charge on any atom is 0.506 e. The van der Waals surface area contributed by atoms with Crippen LogP contribution in [0.3, 0.4) is 0 Å². The lowest BCUT2D eigenvalue weighted by atomic mass is 10.2. The van der Waals surface area contributed by atoms with Crippen molar-refractivity contribution >= 4 is 23.4 Å². The molecule has 0 bridgehead atoms. The van der Waals surface area contributed by atoms with Gasteiger partial charge in [0.2, 0.25) is 5.91 Å². The van der Waals surface area contributed by atoms with Crippen molar-refractivity contribution in [2.24, 2.45) is 0 Å². The van der Waals surface area contributed by atoms with Crippen LogP contribution in [0, 0.1) is 0 Å². The Balaban J connectivity index is 1.67. The predicted octanol–water partition coefficient (Wildman–Crippen LogP) is 1.32. The van der Waals surface area contributed by atoms with Gasteiger partial charge in [0, 0.05) is 24.5 Å². The smallest absolute Gasteiger partial charge is 0.450 e. The molecule has 2 heterocycles. The van der Waals surface area contributed by atoms with Crippen LogP contribution in [0.2, 0.25) is 0 Å². The van der Waals surface area contributed by atoms with Gasteiger partial charge in [-0.2, -0.15) is 0 Å². The first-order valence-corrected chi connectivity index (χ1v) is 7.26. The lowest BCUT2D eigenvalue weighted by Crippen LogP contribution is -2.36. The van der Waals surface area contributed by atoms with Crippen LogP contribution in [0.1, 0.15) is 6.42 Å². The number of hydrogen-bond donors (Lipinski definition) is 1. The van der Waals surface area contributed by atoms with Gasteiger partial charge in [0.15, 0.2) is 0 Å². The van der Waals surface area contributed by atoms with Crippen LogP contribution >= 0.6 is 0 Å². The number of carboxylic acid groups (broad SMARTS) is 1. The maximum atomic E-state index is 12.0. The Kier molecular flexibility index (Phi) is 4.15. The number of ether oxygens (including phenoxy) is 2. The van der Waals surface area contributed by atoms with Crippen molar-refractivity contribution in [1.82, 2.24) is 0 Å². The van der Waals surface area contributed by atoms with E-state index in [0.717, 1.165) is 37.7 Å². The normalized spacial score (nSPS) is 22.0. The zero-order chi connectivity index (χ0) is 15.5. The zero-order valence-corrected chi connectivity index (χ0v) is 12.1. The van der Waals surface area contributed by atoms with E-state index in [-0.39, 0.29) is 18.9 Å². The Morgan fingerprint density at radius 3 is 2.45 bits per heavy atom. The minimum absolute atomic E-state index is 0.0948. The molecule has 2 aliphatic rings. The van der Waals surface area contributed by atoms with Gasteiger partial charge in [-0.25, -0.2) is 4.79 Å². The molecule has 118 valence electrons. The van der Waals surface area contributed by atoms with Crippen LogP contribution < -0.4 is 9.80 Å². The highest BCUT2D eigenvalue weighted by atomic mass is 16.7. The van der Waals surface area contributed by atoms with Crippen molar-refractivity contribution in [3.8, 4) is 0 Å². The molecule has 0 aromatic heterocycles. The third-order valence-electron chi connectivity index (χ3n) is 3.89. The minimum Gasteiger partial charge on any atom is -0.450 e. The molecule has 1 N–H and O–H groups in total.